The van der Waals surface area contributed by atoms with Crippen LogP contribution in [0.4, 0.5) is 0 Å². The number of hydrogen-bond donors (Lipinski definition) is 0. The van der Waals surface area contributed by atoms with Crippen LogP contribution in [-0.2, 0) is 25.7 Å². The van der Waals surface area contributed by atoms with E-state index >= 15 is 0 Å². The highest BCUT2D eigenvalue weighted by atomic mass is 32.5. The molecule has 0 saturated carbocycles. The third-order valence-corrected chi connectivity index (χ3v) is 2.24. The molecule has 0 aromatic carbocycles. The van der Waals surface area contributed by atoms with E-state index in [-0.39, 0.29) is 0 Å². The van der Waals surface area contributed by atoms with Gasteiger partial charge in [0.05, 0.1) is 0 Å². The monoisotopic (exact) mass is 141 g/mol. The van der Waals surface area contributed by atoms with Crippen LogP contribution in [0, 0.1) is 0 Å². The maximum Gasteiger partial charge on any atom is 0.355 e. The largest absolute Gasteiger partial charge is 0.355 e. The highest BCUT2D eigenvalue weighted by Crippen LogP contribution is 2.42. The quantitative estimate of drug-likeness (QED) is 0.537. The number of rotatable bonds is 2. The van der Waals surface area contributed by atoms with Crippen molar-refractivity contribution in [3.05, 3.63) is 0 Å². The molecule has 0 aromatic rings. The summed E-state index contributed by atoms with van der Waals surface area (Å²) in [5.74, 6) is 0. The average Bonchev–Trinajstić information content (AvgIpc) is 1.68. The normalized spacial score (nSPS) is 11.9. The van der Waals surface area contributed by atoms with E-state index in [1.54, 1.807) is 0 Å². The Kier molecular flexibility index (Phi) is 2.95. The fraction of sp³-hybridized carbons (Fsp3) is 1.00. The van der Waals surface area contributed by atoms with Crippen molar-refractivity contribution in [2.75, 3.05) is 14.2 Å². The lowest BCUT2D eigenvalue weighted by atomic mass is 11.8. The molecule has 0 aliphatic rings. The third-order valence-electron chi connectivity index (χ3n) is 0.447. The molecule has 0 aromatic heterocycles. The van der Waals surface area contributed by atoms with Gasteiger partial charge in [-0.05, 0) is 11.8 Å². The van der Waals surface area contributed by atoms with E-state index in [9.17, 15) is 4.89 Å². The van der Waals surface area contributed by atoms with E-state index < -0.39 is 6.72 Å². The molecule has 5 heteroatoms. The van der Waals surface area contributed by atoms with Crippen LogP contribution >= 0.6 is 6.72 Å². The molecule has 0 saturated heterocycles. The zero-order valence-corrected chi connectivity index (χ0v) is 5.79. The van der Waals surface area contributed by atoms with Crippen LogP contribution in [0.25, 0.3) is 0 Å². The summed E-state index contributed by atoms with van der Waals surface area (Å²) in [6.45, 7) is -3.07. The van der Waals surface area contributed by atoms with Crippen molar-refractivity contribution in [2.45, 2.75) is 0 Å². The van der Waals surface area contributed by atoms with E-state index in [1.807, 2.05) is 0 Å². The van der Waals surface area contributed by atoms with E-state index in [4.69, 9.17) is 0 Å². The highest BCUT2D eigenvalue weighted by Gasteiger charge is 2.09. The molecule has 0 atom stereocenters. The van der Waals surface area contributed by atoms with Gasteiger partial charge >= 0.3 is 6.72 Å². The Bertz CT molecular complexity index is 84.9. The highest BCUT2D eigenvalue weighted by molar-refractivity contribution is 8.07. The molecular weight excluding hydrogens is 135 g/mol. The third kappa shape index (κ3) is 3.14. The van der Waals surface area contributed by atoms with Gasteiger partial charge in [0.15, 0.2) is 0 Å². The molecule has 0 amide bonds. The van der Waals surface area contributed by atoms with Crippen LogP contribution in [0.3, 0.4) is 0 Å². The summed E-state index contributed by atoms with van der Waals surface area (Å²) in [6, 6.07) is 0. The van der Waals surface area contributed by atoms with Gasteiger partial charge < -0.3 is 9.05 Å². The first-order valence-electron chi connectivity index (χ1n) is 1.55. The first kappa shape index (κ1) is 7.53. The standard InChI is InChI=1S/C2H6O3PS/c1-4-6(3,7)5-2/h1-2H3. The Morgan fingerprint density at radius 1 is 1.43 bits per heavy atom. The van der Waals surface area contributed by atoms with Crippen LogP contribution in [0.15, 0.2) is 0 Å². The SMILES string of the molecule is COP([O])(=S)OC. The van der Waals surface area contributed by atoms with Crippen LogP contribution in [-0.4, -0.2) is 14.2 Å². The maximum absolute atomic E-state index is 10.3. The van der Waals surface area contributed by atoms with Gasteiger partial charge in [-0.15, -0.1) is 4.89 Å². The van der Waals surface area contributed by atoms with Gasteiger partial charge in [-0.1, -0.05) is 0 Å². The molecule has 0 N–H and O–H groups in total. The summed E-state index contributed by atoms with van der Waals surface area (Å²) < 4.78 is 8.47. The molecule has 7 heavy (non-hydrogen) atoms. The van der Waals surface area contributed by atoms with Crippen LogP contribution < -0.4 is 0 Å². The van der Waals surface area contributed by atoms with E-state index in [1.165, 1.54) is 14.2 Å². The van der Waals surface area contributed by atoms with E-state index in [2.05, 4.69) is 20.9 Å². The topological polar surface area (TPSA) is 38.4 Å². The van der Waals surface area contributed by atoms with Crippen LogP contribution in [0.2, 0.25) is 0 Å². The first-order chi connectivity index (χ1) is 3.12. The molecule has 0 spiro atoms. The van der Waals surface area contributed by atoms with Crippen molar-refractivity contribution in [2.24, 2.45) is 0 Å². The lowest BCUT2D eigenvalue weighted by molar-refractivity contribution is 0.235. The van der Waals surface area contributed by atoms with Crippen molar-refractivity contribution in [1.29, 1.82) is 0 Å². The first-order valence-corrected chi connectivity index (χ1v) is 4.10. The molecule has 0 aliphatic heterocycles. The Balaban J connectivity index is 3.61. The van der Waals surface area contributed by atoms with Gasteiger partial charge in [-0.25, -0.2) is 0 Å². The van der Waals surface area contributed by atoms with Gasteiger partial charge in [0, 0.05) is 14.2 Å². The molecule has 0 bridgehead atoms. The van der Waals surface area contributed by atoms with E-state index in [0.29, 0.717) is 0 Å². The lowest BCUT2D eigenvalue weighted by Crippen LogP contribution is -1.80. The van der Waals surface area contributed by atoms with Gasteiger partial charge in [0.2, 0.25) is 0 Å². The predicted octanol–water partition coefficient (Wildman–Crippen LogP) is 0.934. The van der Waals surface area contributed by atoms with Crippen molar-refractivity contribution >= 4 is 18.5 Å². The van der Waals surface area contributed by atoms with Crippen molar-refractivity contribution < 1.29 is 13.9 Å². The van der Waals surface area contributed by atoms with Crippen LogP contribution in [0.1, 0.15) is 0 Å². The molecule has 0 heterocycles. The second-order valence-electron chi connectivity index (χ2n) is 0.812. The maximum atomic E-state index is 10.3. The lowest BCUT2D eigenvalue weighted by Gasteiger charge is -2.03. The zero-order valence-electron chi connectivity index (χ0n) is 4.08. The Hall–Kier alpha value is 0.530. The summed E-state index contributed by atoms with van der Waals surface area (Å²) in [7, 11) is 2.49. The summed E-state index contributed by atoms with van der Waals surface area (Å²) in [4.78, 5) is 10.3. The fourth-order valence-electron chi connectivity index (χ4n) is 0.0745. The van der Waals surface area contributed by atoms with Gasteiger partial charge in [-0.2, -0.15) is 0 Å². The minimum absolute atomic E-state index is 1.25. The summed E-state index contributed by atoms with van der Waals surface area (Å²) >= 11 is 4.26. The molecule has 0 unspecified atom stereocenters. The van der Waals surface area contributed by atoms with Crippen molar-refractivity contribution in [3.63, 3.8) is 0 Å². The zero-order chi connectivity index (χ0) is 5.91. The fourth-order valence-corrected chi connectivity index (χ4v) is 0.224. The molecule has 3 nitrogen and oxygen atoms in total. The minimum Gasteiger partial charge on any atom is -0.310 e. The van der Waals surface area contributed by atoms with Gasteiger partial charge in [0.25, 0.3) is 0 Å². The average molecular weight is 141 g/mol. The van der Waals surface area contributed by atoms with E-state index in [0.717, 1.165) is 0 Å². The molecule has 0 fully saturated rings. The number of hydrogen-bond acceptors (Lipinski definition) is 3. The summed E-state index contributed by atoms with van der Waals surface area (Å²) in [5.41, 5.74) is 0. The van der Waals surface area contributed by atoms with Gasteiger partial charge in [-0.3, -0.25) is 0 Å². The Morgan fingerprint density at radius 3 is 1.71 bits per heavy atom. The Morgan fingerprint density at radius 2 is 1.71 bits per heavy atom. The minimum atomic E-state index is -3.07. The summed E-state index contributed by atoms with van der Waals surface area (Å²) in [5, 5.41) is 0. The molecule has 0 rings (SSSR count). The van der Waals surface area contributed by atoms with Crippen molar-refractivity contribution in [1.82, 2.24) is 0 Å². The van der Waals surface area contributed by atoms with Gasteiger partial charge in [0.1, 0.15) is 0 Å². The predicted molar refractivity (Wildman–Crippen MR) is 29.0 cm³/mol. The molecule has 0 aliphatic carbocycles. The summed E-state index contributed by atoms with van der Waals surface area (Å²) in [6.07, 6.45) is 0. The second kappa shape index (κ2) is 2.74. The molecule has 43 valence electrons. The molecular formula is C2H6O3PS. The smallest absolute Gasteiger partial charge is 0.310 e. The van der Waals surface area contributed by atoms with Crippen LogP contribution in [0.5, 0.6) is 0 Å². The Labute approximate surface area is 47.5 Å². The second-order valence-corrected chi connectivity index (χ2v) is 3.78. The van der Waals surface area contributed by atoms with Crippen molar-refractivity contribution in [3.8, 4) is 0 Å². The molecule has 1 radical (unpaired) electrons.